The highest BCUT2D eigenvalue weighted by Crippen LogP contribution is 2.29. The van der Waals surface area contributed by atoms with Gasteiger partial charge in [-0.15, -0.1) is 5.10 Å². The third-order valence-electron chi connectivity index (χ3n) is 4.96. The number of carbonyl (C=O) groups excluding carboxylic acids is 1. The Bertz CT molecular complexity index is 1330. The largest absolute Gasteiger partial charge is 0.338 e. The third kappa shape index (κ3) is 3.44. The smallest absolute Gasteiger partial charge is 0.291 e. The number of anilines is 1. The summed E-state index contributed by atoms with van der Waals surface area (Å²) in [4.78, 5) is 17.3. The van der Waals surface area contributed by atoms with E-state index in [0.29, 0.717) is 5.69 Å². The Hall–Kier alpha value is -3.98. The van der Waals surface area contributed by atoms with Crippen LogP contribution < -0.4 is 10.0 Å². The number of benzene rings is 3. The normalized spacial score (nSPS) is 13.7. The topological polar surface area (TPSA) is 106 Å². The summed E-state index contributed by atoms with van der Waals surface area (Å²) in [5.74, 6) is -0.678. The molecule has 0 spiro atoms. The summed E-state index contributed by atoms with van der Waals surface area (Å²) in [6, 6.07) is 25.1. The maximum absolute atomic E-state index is 13.1. The SMILES string of the molecule is O=C(NC(c1ccccc1)c1ccccc1)c1nc2n(n1)-c1ccccc1S(=O)(=O)N2. The summed E-state index contributed by atoms with van der Waals surface area (Å²) in [7, 11) is -3.78. The first-order valence-corrected chi connectivity index (χ1v) is 11.0. The third-order valence-corrected chi connectivity index (χ3v) is 6.34. The van der Waals surface area contributed by atoms with E-state index in [1.165, 1.54) is 10.7 Å². The van der Waals surface area contributed by atoms with Crippen LogP contribution >= 0.6 is 0 Å². The van der Waals surface area contributed by atoms with Crippen LogP contribution in [-0.4, -0.2) is 29.1 Å². The molecule has 1 aliphatic rings. The van der Waals surface area contributed by atoms with Crippen LogP contribution in [0.2, 0.25) is 0 Å². The number of nitrogens with zero attached hydrogens (tertiary/aromatic N) is 3. The Balaban J connectivity index is 1.51. The van der Waals surface area contributed by atoms with Gasteiger partial charge in [-0.25, -0.2) is 13.1 Å². The average molecular weight is 431 g/mol. The maximum atomic E-state index is 13.1. The number of aromatic nitrogens is 3. The van der Waals surface area contributed by atoms with Crippen molar-refractivity contribution < 1.29 is 13.2 Å². The zero-order valence-electron chi connectivity index (χ0n) is 16.1. The number of sulfonamides is 1. The molecule has 0 bridgehead atoms. The molecule has 5 rings (SSSR count). The van der Waals surface area contributed by atoms with Crippen molar-refractivity contribution in [1.82, 2.24) is 20.1 Å². The van der Waals surface area contributed by atoms with Crippen LogP contribution in [0.1, 0.15) is 27.8 Å². The van der Waals surface area contributed by atoms with Gasteiger partial charge in [-0.2, -0.15) is 9.67 Å². The summed E-state index contributed by atoms with van der Waals surface area (Å²) < 4.78 is 28.6. The highest BCUT2D eigenvalue weighted by molar-refractivity contribution is 7.92. The van der Waals surface area contributed by atoms with Crippen molar-refractivity contribution in [1.29, 1.82) is 0 Å². The van der Waals surface area contributed by atoms with Gasteiger partial charge in [0.05, 0.1) is 11.7 Å². The van der Waals surface area contributed by atoms with Crippen molar-refractivity contribution >= 4 is 21.9 Å². The van der Waals surface area contributed by atoms with E-state index in [4.69, 9.17) is 0 Å². The molecule has 1 aliphatic heterocycles. The number of hydrogen-bond donors (Lipinski definition) is 2. The minimum absolute atomic E-state index is 0.0279. The Labute approximate surface area is 178 Å². The number of para-hydroxylation sites is 1. The van der Waals surface area contributed by atoms with Crippen molar-refractivity contribution in [2.75, 3.05) is 4.72 Å². The molecule has 9 heteroatoms. The van der Waals surface area contributed by atoms with Gasteiger partial charge in [0.15, 0.2) is 0 Å². The Kier molecular flexibility index (Phi) is 4.52. The predicted octanol–water partition coefficient (Wildman–Crippen LogP) is 2.90. The molecule has 0 saturated heterocycles. The van der Waals surface area contributed by atoms with Crippen LogP contribution in [0.25, 0.3) is 5.69 Å². The number of rotatable bonds is 4. The first-order chi connectivity index (χ1) is 15.0. The second-order valence-corrected chi connectivity index (χ2v) is 8.62. The molecule has 1 aromatic heterocycles. The molecule has 4 aromatic rings. The molecule has 0 aliphatic carbocycles. The number of carbonyl (C=O) groups is 1. The maximum Gasteiger partial charge on any atom is 0.291 e. The van der Waals surface area contributed by atoms with Crippen LogP contribution in [0.4, 0.5) is 5.95 Å². The minimum atomic E-state index is -3.78. The first-order valence-electron chi connectivity index (χ1n) is 9.53. The van der Waals surface area contributed by atoms with E-state index in [-0.39, 0.29) is 16.7 Å². The van der Waals surface area contributed by atoms with Crippen LogP contribution in [-0.2, 0) is 10.0 Å². The van der Waals surface area contributed by atoms with E-state index in [1.807, 2.05) is 60.7 Å². The van der Waals surface area contributed by atoms with Gasteiger partial charge in [-0.05, 0) is 23.3 Å². The van der Waals surface area contributed by atoms with E-state index in [1.54, 1.807) is 18.2 Å². The lowest BCUT2D eigenvalue weighted by Crippen LogP contribution is -2.30. The van der Waals surface area contributed by atoms with Gasteiger partial charge in [0.1, 0.15) is 4.90 Å². The van der Waals surface area contributed by atoms with Crippen LogP contribution in [0.5, 0.6) is 0 Å². The molecule has 8 nitrogen and oxygen atoms in total. The van der Waals surface area contributed by atoms with Crippen LogP contribution in [0, 0.1) is 0 Å². The lowest BCUT2D eigenvalue weighted by molar-refractivity contribution is 0.0932. The van der Waals surface area contributed by atoms with Crippen molar-refractivity contribution in [3.8, 4) is 5.69 Å². The van der Waals surface area contributed by atoms with Crippen molar-refractivity contribution in [3.05, 3.63) is 102 Å². The van der Waals surface area contributed by atoms with E-state index >= 15 is 0 Å². The van der Waals surface area contributed by atoms with Crippen molar-refractivity contribution in [2.24, 2.45) is 0 Å². The molecule has 0 saturated carbocycles. The van der Waals surface area contributed by atoms with Crippen LogP contribution in [0.3, 0.4) is 0 Å². The molecule has 154 valence electrons. The Morgan fingerprint density at radius 2 is 1.45 bits per heavy atom. The lowest BCUT2D eigenvalue weighted by Gasteiger charge is -2.19. The summed E-state index contributed by atoms with van der Waals surface area (Å²) in [5, 5.41) is 7.23. The van der Waals surface area contributed by atoms with E-state index in [2.05, 4.69) is 20.1 Å². The standard InChI is InChI=1S/C22H17N5O3S/c28-21(23-19(15-9-3-1-4-10-15)16-11-5-2-6-12-16)20-24-22-26-31(29,30)18-14-8-7-13-17(18)27(22)25-20/h1-14,19H,(H,23,28)(H,24,25,26). The van der Waals surface area contributed by atoms with E-state index in [0.717, 1.165) is 11.1 Å². The first kappa shape index (κ1) is 19.0. The molecule has 2 heterocycles. The number of nitrogens with one attached hydrogen (secondary N) is 2. The predicted molar refractivity (Wildman–Crippen MR) is 114 cm³/mol. The van der Waals surface area contributed by atoms with Gasteiger partial charge in [0.2, 0.25) is 11.8 Å². The number of hydrogen-bond acceptors (Lipinski definition) is 5. The second kappa shape index (κ2) is 7.37. The summed E-state index contributed by atoms with van der Waals surface area (Å²) >= 11 is 0. The zero-order chi connectivity index (χ0) is 21.4. The molecule has 1 amide bonds. The van der Waals surface area contributed by atoms with Gasteiger partial charge >= 0.3 is 0 Å². The molecule has 2 N–H and O–H groups in total. The minimum Gasteiger partial charge on any atom is -0.338 e. The quantitative estimate of drug-likeness (QED) is 0.517. The Morgan fingerprint density at radius 3 is 2.10 bits per heavy atom. The van der Waals surface area contributed by atoms with E-state index in [9.17, 15) is 13.2 Å². The molecule has 0 fully saturated rings. The lowest BCUT2D eigenvalue weighted by atomic mass is 9.99. The van der Waals surface area contributed by atoms with Crippen molar-refractivity contribution in [3.63, 3.8) is 0 Å². The van der Waals surface area contributed by atoms with Gasteiger partial charge in [0, 0.05) is 0 Å². The molecule has 0 radical (unpaired) electrons. The highest BCUT2D eigenvalue weighted by atomic mass is 32.2. The van der Waals surface area contributed by atoms with Gasteiger partial charge in [-0.1, -0.05) is 72.8 Å². The summed E-state index contributed by atoms with van der Waals surface area (Å²) in [6.07, 6.45) is 0. The number of fused-ring (bicyclic) bond motifs is 3. The number of amides is 1. The molecule has 3 aromatic carbocycles. The van der Waals surface area contributed by atoms with Gasteiger partial charge in [-0.3, -0.25) is 4.79 Å². The van der Waals surface area contributed by atoms with Crippen molar-refractivity contribution in [2.45, 2.75) is 10.9 Å². The monoisotopic (exact) mass is 431 g/mol. The van der Waals surface area contributed by atoms with Gasteiger partial charge in [0.25, 0.3) is 15.9 Å². The van der Waals surface area contributed by atoms with Gasteiger partial charge < -0.3 is 5.32 Å². The fraction of sp³-hybridized carbons (Fsp3) is 0.0455. The summed E-state index contributed by atoms with van der Waals surface area (Å²) in [6.45, 7) is 0. The Morgan fingerprint density at radius 1 is 0.871 bits per heavy atom. The molecule has 0 unspecified atom stereocenters. The average Bonchev–Trinajstić information content (AvgIpc) is 3.22. The molecular formula is C22H17N5O3S. The molecule has 0 atom stereocenters. The second-order valence-electron chi connectivity index (χ2n) is 6.97. The zero-order valence-corrected chi connectivity index (χ0v) is 17.0. The highest BCUT2D eigenvalue weighted by Gasteiger charge is 2.31. The fourth-order valence-corrected chi connectivity index (χ4v) is 4.69. The molecular weight excluding hydrogens is 414 g/mol. The van der Waals surface area contributed by atoms with Crippen LogP contribution in [0.15, 0.2) is 89.8 Å². The molecule has 31 heavy (non-hydrogen) atoms. The fourth-order valence-electron chi connectivity index (χ4n) is 3.52. The summed E-state index contributed by atoms with van der Waals surface area (Å²) in [5.41, 5.74) is 2.14. The van der Waals surface area contributed by atoms with E-state index < -0.39 is 22.0 Å².